The van der Waals surface area contributed by atoms with Gasteiger partial charge in [0.15, 0.2) is 0 Å². The van der Waals surface area contributed by atoms with E-state index in [1.807, 2.05) is 12.1 Å². The number of likely N-dealkylation sites (tertiary alicyclic amines) is 1. The number of piperidine rings is 1. The first-order valence-corrected chi connectivity index (χ1v) is 9.81. The molecule has 0 atom stereocenters. The van der Waals surface area contributed by atoms with Crippen LogP contribution in [-0.4, -0.2) is 30.1 Å². The number of anilines is 1. The zero-order valence-electron chi connectivity index (χ0n) is 16.1. The lowest BCUT2D eigenvalue weighted by atomic mass is 9.90. The minimum absolute atomic E-state index is 0.104. The van der Waals surface area contributed by atoms with Crippen LogP contribution in [0.4, 0.5) is 5.69 Å². The molecule has 1 fully saturated rings. The Labute approximate surface area is 162 Å². The Balaban J connectivity index is 1.47. The van der Waals surface area contributed by atoms with Gasteiger partial charge in [-0.2, -0.15) is 0 Å². The number of hydrogen-bond donors (Lipinski definition) is 2. The number of hydrogen-bond acceptors (Lipinski definition) is 3. The molecule has 0 spiro atoms. The third-order valence-electron chi connectivity index (χ3n) is 5.38. The van der Waals surface area contributed by atoms with Crippen molar-refractivity contribution in [2.75, 3.05) is 18.4 Å². The highest BCUT2D eigenvalue weighted by atomic mass is 16.1. The summed E-state index contributed by atoms with van der Waals surface area (Å²) >= 11 is 0. The van der Waals surface area contributed by atoms with Crippen molar-refractivity contribution in [3.8, 4) is 0 Å². The average molecular weight is 364 g/mol. The molecule has 0 aromatic heterocycles. The second kappa shape index (κ2) is 9.47. The Hall–Kier alpha value is -2.46. The Morgan fingerprint density at radius 2 is 1.89 bits per heavy atom. The van der Waals surface area contributed by atoms with Crippen LogP contribution in [0.2, 0.25) is 0 Å². The van der Waals surface area contributed by atoms with Gasteiger partial charge in [0.1, 0.15) is 0 Å². The van der Waals surface area contributed by atoms with Crippen LogP contribution in [-0.2, 0) is 17.8 Å². The summed E-state index contributed by atoms with van der Waals surface area (Å²) in [5, 5.41) is 10.4. The molecule has 1 aliphatic rings. The molecule has 1 amide bonds. The van der Waals surface area contributed by atoms with Crippen molar-refractivity contribution in [3.63, 3.8) is 0 Å². The fourth-order valence-corrected chi connectivity index (χ4v) is 3.84. The van der Waals surface area contributed by atoms with Gasteiger partial charge >= 0.3 is 0 Å². The molecule has 0 saturated carbocycles. The minimum Gasteiger partial charge on any atom is -0.326 e. The molecule has 0 radical (unpaired) electrons. The van der Waals surface area contributed by atoms with Gasteiger partial charge in [0, 0.05) is 30.9 Å². The third kappa shape index (κ3) is 5.76. The number of carbonyl (C=O) groups is 1. The highest BCUT2D eigenvalue weighted by Crippen LogP contribution is 2.25. The summed E-state index contributed by atoms with van der Waals surface area (Å²) in [6, 6.07) is 16.7. The van der Waals surface area contributed by atoms with Crippen molar-refractivity contribution in [1.82, 2.24) is 4.90 Å². The highest BCUT2D eigenvalue weighted by molar-refractivity contribution is 5.95. The number of nitrogens with one attached hydrogen (secondary N) is 2. The molecular formula is C23H29N3O. The quantitative estimate of drug-likeness (QED) is 0.712. The minimum atomic E-state index is -0.104. The Bertz CT molecular complexity index is 764. The maximum absolute atomic E-state index is 11.3. The number of nitrogens with zero attached hydrogens (tertiary/aromatic N) is 1. The lowest BCUT2D eigenvalue weighted by molar-refractivity contribution is -0.114. The van der Waals surface area contributed by atoms with Gasteiger partial charge in [-0.25, -0.2) is 0 Å². The van der Waals surface area contributed by atoms with Crippen LogP contribution in [0.25, 0.3) is 0 Å². The van der Waals surface area contributed by atoms with Gasteiger partial charge in [-0.3, -0.25) is 9.69 Å². The van der Waals surface area contributed by atoms with E-state index >= 15 is 0 Å². The van der Waals surface area contributed by atoms with Crippen molar-refractivity contribution in [1.29, 1.82) is 5.41 Å². The maximum Gasteiger partial charge on any atom is 0.221 e. The average Bonchev–Trinajstić information content (AvgIpc) is 2.68. The first kappa shape index (κ1) is 19.3. The van der Waals surface area contributed by atoms with Crippen LogP contribution >= 0.6 is 0 Å². The molecule has 1 aliphatic heterocycles. The summed E-state index contributed by atoms with van der Waals surface area (Å²) < 4.78 is 0. The van der Waals surface area contributed by atoms with E-state index in [9.17, 15) is 4.79 Å². The molecule has 4 heteroatoms. The zero-order chi connectivity index (χ0) is 19.1. The summed E-state index contributed by atoms with van der Waals surface area (Å²) in [5.74, 6) is 0.670. The monoisotopic (exact) mass is 363 g/mol. The highest BCUT2D eigenvalue weighted by Gasteiger charge is 2.19. The Kier molecular flexibility index (Phi) is 6.77. The molecule has 1 saturated heterocycles. The smallest absolute Gasteiger partial charge is 0.221 e. The lowest BCUT2D eigenvalue weighted by Crippen LogP contribution is -2.33. The molecule has 4 nitrogen and oxygen atoms in total. The molecular weight excluding hydrogens is 334 g/mol. The molecule has 0 unspecified atom stereocenters. The molecule has 3 rings (SSSR count). The van der Waals surface area contributed by atoms with Gasteiger partial charge in [-0.15, -0.1) is 0 Å². The van der Waals surface area contributed by atoms with Crippen LogP contribution in [0, 0.1) is 11.3 Å². The Morgan fingerprint density at radius 1 is 1.15 bits per heavy atom. The van der Waals surface area contributed by atoms with Gasteiger partial charge in [0.2, 0.25) is 5.91 Å². The predicted molar refractivity (Wildman–Crippen MR) is 111 cm³/mol. The molecule has 142 valence electrons. The van der Waals surface area contributed by atoms with E-state index in [-0.39, 0.29) is 5.91 Å². The second-order valence-corrected chi connectivity index (χ2v) is 7.49. The van der Waals surface area contributed by atoms with Crippen LogP contribution in [0.3, 0.4) is 0 Å². The zero-order valence-corrected chi connectivity index (χ0v) is 16.1. The van der Waals surface area contributed by atoms with Crippen molar-refractivity contribution >= 4 is 17.8 Å². The van der Waals surface area contributed by atoms with Crippen LogP contribution in [0.5, 0.6) is 0 Å². The summed E-state index contributed by atoms with van der Waals surface area (Å²) in [6.07, 6.45) is 6.06. The molecule has 27 heavy (non-hydrogen) atoms. The number of amides is 1. The lowest BCUT2D eigenvalue weighted by Gasteiger charge is -2.32. The van der Waals surface area contributed by atoms with Gasteiger partial charge < -0.3 is 10.7 Å². The molecule has 0 aliphatic carbocycles. The number of rotatable bonds is 7. The molecule has 2 N–H and O–H groups in total. The predicted octanol–water partition coefficient (Wildman–Crippen LogP) is 4.49. The SMILES string of the molecule is CC(=O)Nc1ccc(CCC2CCN(Cc3ccccc3)CC2)cc1C=N. The van der Waals surface area contributed by atoms with Crippen molar-refractivity contribution < 1.29 is 4.79 Å². The van der Waals surface area contributed by atoms with Crippen LogP contribution in [0.15, 0.2) is 48.5 Å². The first-order chi connectivity index (χ1) is 13.1. The summed E-state index contributed by atoms with van der Waals surface area (Å²) in [4.78, 5) is 13.8. The van der Waals surface area contributed by atoms with Crippen molar-refractivity contribution in [2.24, 2.45) is 5.92 Å². The van der Waals surface area contributed by atoms with E-state index in [0.717, 1.165) is 30.1 Å². The van der Waals surface area contributed by atoms with Crippen LogP contribution in [0.1, 0.15) is 42.9 Å². The van der Waals surface area contributed by atoms with E-state index in [0.29, 0.717) is 0 Å². The number of aryl methyl sites for hydroxylation is 1. The van der Waals surface area contributed by atoms with Gasteiger partial charge in [-0.1, -0.05) is 36.4 Å². The number of carbonyl (C=O) groups excluding carboxylic acids is 1. The standard InChI is InChI=1S/C23H29N3O/c1-18(27)25-23-10-9-20(15-22(23)16-24)8-7-19-11-13-26(14-12-19)17-21-5-3-2-4-6-21/h2-6,9-10,15-16,19,24H,7-8,11-14,17H2,1H3,(H,25,27). The molecule has 2 aromatic rings. The normalized spacial score (nSPS) is 15.4. The fourth-order valence-electron chi connectivity index (χ4n) is 3.84. The first-order valence-electron chi connectivity index (χ1n) is 9.81. The maximum atomic E-state index is 11.3. The largest absolute Gasteiger partial charge is 0.326 e. The van der Waals surface area contributed by atoms with Gasteiger partial charge in [-0.05, 0) is 68.0 Å². The van der Waals surface area contributed by atoms with E-state index in [4.69, 9.17) is 5.41 Å². The Morgan fingerprint density at radius 3 is 2.56 bits per heavy atom. The van der Waals surface area contributed by atoms with Crippen LogP contribution < -0.4 is 5.32 Å². The summed E-state index contributed by atoms with van der Waals surface area (Å²) in [6.45, 7) is 4.90. The second-order valence-electron chi connectivity index (χ2n) is 7.49. The van der Waals surface area contributed by atoms with Crippen molar-refractivity contribution in [2.45, 2.75) is 39.2 Å². The molecule has 2 aromatic carbocycles. The topological polar surface area (TPSA) is 56.2 Å². The van der Waals surface area contributed by atoms with Gasteiger partial charge in [0.25, 0.3) is 0 Å². The van der Waals surface area contributed by atoms with E-state index < -0.39 is 0 Å². The third-order valence-corrected chi connectivity index (χ3v) is 5.38. The summed E-state index contributed by atoms with van der Waals surface area (Å²) in [5.41, 5.74) is 4.14. The van der Waals surface area contributed by atoms with E-state index in [1.54, 1.807) is 0 Å². The fraction of sp³-hybridized carbons (Fsp3) is 0.391. The molecule has 1 heterocycles. The van der Waals surface area contributed by atoms with Gasteiger partial charge in [0.05, 0.1) is 0 Å². The number of benzene rings is 2. The van der Waals surface area contributed by atoms with E-state index in [1.165, 1.54) is 56.6 Å². The molecule has 0 bridgehead atoms. The van der Waals surface area contributed by atoms with Crippen molar-refractivity contribution in [3.05, 3.63) is 65.2 Å². The van der Waals surface area contributed by atoms with E-state index in [2.05, 4.69) is 46.6 Å². The summed E-state index contributed by atoms with van der Waals surface area (Å²) in [7, 11) is 0.